The van der Waals surface area contributed by atoms with Gasteiger partial charge in [-0.05, 0) is 41.7 Å². The molecule has 7 heteroatoms. The summed E-state index contributed by atoms with van der Waals surface area (Å²) in [5, 5.41) is 0.801. The summed E-state index contributed by atoms with van der Waals surface area (Å²) in [5.74, 6) is -1.53. The quantitative estimate of drug-likeness (QED) is 0.314. The standard InChI is InChI=1S/C24H19Cl2NO4/c25-18-8-6-15(11-19(18)26)10-17-21-20(9-7-16(12-28)23(21)29)27-22(17)24(30)31-13-14-4-2-1-3-5-14/h1-6,8,11-12,16,27H,7,9-10,13H2. The van der Waals surface area contributed by atoms with Gasteiger partial charge in [-0.1, -0.05) is 59.6 Å². The number of hydrogen-bond acceptors (Lipinski definition) is 4. The number of Topliss-reactive ketones (excluding diaryl/α,β-unsaturated/α-hetero) is 1. The number of aryl methyl sites for hydroxylation is 1. The van der Waals surface area contributed by atoms with Crippen LogP contribution in [0.25, 0.3) is 0 Å². The molecular weight excluding hydrogens is 437 g/mol. The third-order valence-electron chi connectivity index (χ3n) is 5.42. The summed E-state index contributed by atoms with van der Waals surface area (Å²) in [4.78, 5) is 40.4. The lowest BCUT2D eigenvalue weighted by Crippen LogP contribution is -2.24. The molecule has 1 aromatic heterocycles. The zero-order valence-corrected chi connectivity index (χ0v) is 18.0. The molecule has 2 aromatic carbocycles. The number of H-pyrrole nitrogens is 1. The maximum absolute atomic E-state index is 12.9. The van der Waals surface area contributed by atoms with Crippen molar-refractivity contribution in [2.45, 2.75) is 25.9 Å². The van der Waals surface area contributed by atoms with E-state index < -0.39 is 11.9 Å². The molecule has 0 amide bonds. The van der Waals surface area contributed by atoms with Crippen LogP contribution in [0.1, 0.15) is 49.7 Å². The van der Waals surface area contributed by atoms with Crippen LogP contribution in [0.15, 0.2) is 48.5 Å². The lowest BCUT2D eigenvalue weighted by atomic mass is 9.84. The van der Waals surface area contributed by atoms with E-state index in [9.17, 15) is 14.4 Å². The van der Waals surface area contributed by atoms with Gasteiger partial charge in [-0.3, -0.25) is 4.79 Å². The van der Waals surface area contributed by atoms with Crippen molar-refractivity contribution in [3.8, 4) is 0 Å². The number of halogens is 2. The molecule has 5 nitrogen and oxygen atoms in total. The molecule has 31 heavy (non-hydrogen) atoms. The number of ketones is 1. The number of carbonyl (C=O) groups is 3. The monoisotopic (exact) mass is 455 g/mol. The Bertz CT molecular complexity index is 1150. The second kappa shape index (κ2) is 9.08. The van der Waals surface area contributed by atoms with Crippen molar-refractivity contribution in [2.75, 3.05) is 0 Å². The molecule has 0 fully saturated rings. The van der Waals surface area contributed by atoms with Gasteiger partial charge in [-0.15, -0.1) is 0 Å². The third kappa shape index (κ3) is 4.43. The molecule has 1 atom stereocenters. The topological polar surface area (TPSA) is 76.2 Å². The smallest absolute Gasteiger partial charge is 0.355 e. The van der Waals surface area contributed by atoms with Gasteiger partial charge >= 0.3 is 5.97 Å². The van der Waals surface area contributed by atoms with Gasteiger partial charge in [0.1, 0.15) is 18.6 Å². The lowest BCUT2D eigenvalue weighted by molar-refractivity contribution is -0.110. The lowest BCUT2D eigenvalue weighted by Gasteiger charge is -2.17. The maximum atomic E-state index is 12.9. The molecule has 4 rings (SSSR count). The van der Waals surface area contributed by atoms with Gasteiger partial charge in [0.25, 0.3) is 0 Å². The highest BCUT2D eigenvalue weighted by Crippen LogP contribution is 2.33. The second-order valence-corrected chi connectivity index (χ2v) is 8.28. The van der Waals surface area contributed by atoms with Gasteiger partial charge < -0.3 is 14.5 Å². The van der Waals surface area contributed by atoms with Gasteiger partial charge in [0, 0.05) is 17.7 Å². The van der Waals surface area contributed by atoms with Crippen LogP contribution in [-0.2, 0) is 29.0 Å². The van der Waals surface area contributed by atoms with E-state index in [0.717, 1.165) is 11.1 Å². The number of nitrogens with one attached hydrogen (secondary N) is 1. The molecule has 0 saturated heterocycles. The van der Waals surface area contributed by atoms with E-state index >= 15 is 0 Å². The van der Waals surface area contributed by atoms with Crippen molar-refractivity contribution < 1.29 is 19.1 Å². The Hall–Kier alpha value is -2.89. The van der Waals surface area contributed by atoms with Gasteiger partial charge in [0.15, 0.2) is 5.78 Å². The van der Waals surface area contributed by atoms with Crippen LogP contribution >= 0.6 is 23.2 Å². The summed E-state index contributed by atoms with van der Waals surface area (Å²) < 4.78 is 5.50. The molecule has 0 saturated carbocycles. The first-order chi connectivity index (χ1) is 15.0. The Kier molecular flexibility index (Phi) is 6.25. The predicted molar refractivity (Wildman–Crippen MR) is 118 cm³/mol. The largest absolute Gasteiger partial charge is 0.456 e. The third-order valence-corrected chi connectivity index (χ3v) is 6.15. The van der Waals surface area contributed by atoms with Gasteiger partial charge in [0.05, 0.1) is 16.0 Å². The zero-order valence-electron chi connectivity index (χ0n) is 16.5. The van der Waals surface area contributed by atoms with Gasteiger partial charge in [0.2, 0.25) is 0 Å². The number of aldehydes is 1. The first kappa shape index (κ1) is 21.3. The molecule has 3 aromatic rings. The molecular formula is C24H19Cl2NO4. The zero-order chi connectivity index (χ0) is 22.0. The summed E-state index contributed by atoms with van der Waals surface area (Å²) >= 11 is 12.2. The van der Waals surface area contributed by atoms with Crippen molar-refractivity contribution in [3.05, 3.63) is 92.2 Å². The summed E-state index contributed by atoms with van der Waals surface area (Å²) in [6.45, 7) is 0.112. The number of aromatic amines is 1. The minimum absolute atomic E-state index is 0.112. The second-order valence-electron chi connectivity index (χ2n) is 7.46. The van der Waals surface area contributed by atoms with Gasteiger partial charge in [-0.2, -0.15) is 0 Å². The van der Waals surface area contributed by atoms with E-state index in [-0.39, 0.29) is 24.5 Å². The Morgan fingerprint density at radius 1 is 1.10 bits per heavy atom. The molecule has 0 bridgehead atoms. The number of esters is 1. The Balaban J connectivity index is 1.70. The molecule has 1 aliphatic carbocycles. The van der Waals surface area contributed by atoms with E-state index in [2.05, 4.69) is 4.98 Å². The number of aromatic nitrogens is 1. The first-order valence-corrected chi connectivity index (χ1v) is 10.6. The van der Waals surface area contributed by atoms with E-state index in [0.29, 0.717) is 46.0 Å². The number of benzene rings is 2. The van der Waals surface area contributed by atoms with Crippen LogP contribution in [-0.4, -0.2) is 23.0 Å². The van der Waals surface area contributed by atoms with Crippen molar-refractivity contribution >= 4 is 41.2 Å². The average Bonchev–Trinajstić information content (AvgIpc) is 3.15. The number of fused-ring (bicyclic) bond motifs is 1. The first-order valence-electron chi connectivity index (χ1n) is 9.86. The van der Waals surface area contributed by atoms with E-state index in [1.165, 1.54) is 0 Å². The normalized spacial score (nSPS) is 15.4. The van der Waals surface area contributed by atoms with Crippen LogP contribution < -0.4 is 0 Å². The Labute approximate surface area is 189 Å². The molecule has 0 aliphatic heterocycles. The summed E-state index contributed by atoms with van der Waals surface area (Å²) in [7, 11) is 0. The Morgan fingerprint density at radius 2 is 1.87 bits per heavy atom. The van der Waals surface area contributed by atoms with Crippen LogP contribution in [0, 0.1) is 5.92 Å². The fourth-order valence-corrected chi connectivity index (χ4v) is 4.15. The minimum Gasteiger partial charge on any atom is -0.456 e. The maximum Gasteiger partial charge on any atom is 0.355 e. The molecule has 1 unspecified atom stereocenters. The highest BCUT2D eigenvalue weighted by molar-refractivity contribution is 6.42. The molecule has 1 aliphatic rings. The van der Waals surface area contributed by atoms with Crippen molar-refractivity contribution in [1.29, 1.82) is 0 Å². The summed E-state index contributed by atoms with van der Waals surface area (Å²) in [6, 6.07) is 14.5. The van der Waals surface area contributed by atoms with Crippen molar-refractivity contribution in [3.63, 3.8) is 0 Å². The highest BCUT2D eigenvalue weighted by atomic mass is 35.5. The number of rotatable bonds is 6. The molecule has 0 radical (unpaired) electrons. The summed E-state index contributed by atoms with van der Waals surface area (Å²) in [5.41, 5.74) is 3.45. The van der Waals surface area contributed by atoms with E-state index in [4.69, 9.17) is 27.9 Å². The van der Waals surface area contributed by atoms with Crippen molar-refractivity contribution in [1.82, 2.24) is 4.98 Å². The number of carbonyl (C=O) groups excluding carboxylic acids is 3. The average molecular weight is 456 g/mol. The fraction of sp³-hybridized carbons (Fsp3) is 0.208. The van der Waals surface area contributed by atoms with Crippen LogP contribution in [0.5, 0.6) is 0 Å². The fourth-order valence-electron chi connectivity index (χ4n) is 3.83. The molecule has 158 valence electrons. The SMILES string of the molecule is O=CC1CCc2[nH]c(C(=O)OCc3ccccc3)c(Cc3ccc(Cl)c(Cl)c3)c2C1=O. The number of hydrogen-bond donors (Lipinski definition) is 1. The van der Waals surface area contributed by atoms with Gasteiger partial charge in [-0.25, -0.2) is 4.79 Å². The highest BCUT2D eigenvalue weighted by Gasteiger charge is 2.34. The number of ether oxygens (including phenoxy) is 1. The molecule has 1 N–H and O–H groups in total. The molecule has 0 spiro atoms. The Morgan fingerprint density at radius 3 is 2.58 bits per heavy atom. The predicted octanol–water partition coefficient (Wildman–Crippen LogP) is 5.21. The van der Waals surface area contributed by atoms with E-state index in [1.807, 2.05) is 30.3 Å². The summed E-state index contributed by atoms with van der Waals surface area (Å²) in [6.07, 6.45) is 1.87. The van der Waals surface area contributed by atoms with Crippen LogP contribution in [0.3, 0.4) is 0 Å². The van der Waals surface area contributed by atoms with Crippen molar-refractivity contribution in [2.24, 2.45) is 5.92 Å². The molecule has 1 heterocycles. The van der Waals surface area contributed by atoms with Crippen LogP contribution in [0.4, 0.5) is 0 Å². The minimum atomic E-state index is -0.705. The van der Waals surface area contributed by atoms with Crippen LogP contribution in [0.2, 0.25) is 10.0 Å². The van der Waals surface area contributed by atoms with E-state index in [1.54, 1.807) is 18.2 Å².